The number of benzene rings is 2. The van der Waals surface area contributed by atoms with Crippen LogP contribution in [-0.2, 0) is 4.79 Å². The van der Waals surface area contributed by atoms with E-state index in [1.807, 2.05) is 39.0 Å². The van der Waals surface area contributed by atoms with Gasteiger partial charge in [-0.25, -0.2) is 4.79 Å². The second-order valence-corrected chi connectivity index (χ2v) is 5.29. The van der Waals surface area contributed by atoms with E-state index in [9.17, 15) is 9.59 Å². The Morgan fingerprint density at radius 1 is 1.00 bits per heavy atom. The van der Waals surface area contributed by atoms with Gasteiger partial charge in [-0.1, -0.05) is 12.1 Å². The summed E-state index contributed by atoms with van der Waals surface area (Å²) in [6.45, 7) is 5.85. The SMILES string of the molecule is CCOc1cc(C=O)ccc1OC(=O)COc1cc(C)ccc1C. The summed E-state index contributed by atoms with van der Waals surface area (Å²) in [6, 6.07) is 10.4. The molecule has 0 atom stereocenters. The molecule has 0 spiro atoms. The predicted molar refractivity (Wildman–Crippen MR) is 90.0 cm³/mol. The van der Waals surface area contributed by atoms with Crippen LogP contribution >= 0.6 is 0 Å². The van der Waals surface area contributed by atoms with Crippen LogP contribution in [0.4, 0.5) is 0 Å². The number of aryl methyl sites for hydroxylation is 2. The van der Waals surface area contributed by atoms with Gasteiger partial charge in [-0.15, -0.1) is 0 Å². The van der Waals surface area contributed by atoms with Crippen molar-refractivity contribution in [3.8, 4) is 17.2 Å². The molecule has 0 aromatic heterocycles. The second kappa shape index (κ2) is 8.15. The number of rotatable bonds is 7. The maximum absolute atomic E-state index is 12.0. The maximum Gasteiger partial charge on any atom is 0.349 e. The van der Waals surface area contributed by atoms with Crippen LogP contribution in [0, 0.1) is 13.8 Å². The molecule has 5 heteroatoms. The first kappa shape index (κ1) is 17.5. The van der Waals surface area contributed by atoms with E-state index in [1.165, 1.54) is 12.1 Å². The number of carbonyl (C=O) groups excluding carboxylic acids is 2. The molecule has 2 aromatic carbocycles. The van der Waals surface area contributed by atoms with Crippen molar-refractivity contribution >= 4 is 12.3 Å². The molecule has 0 aliphatic rings. The molecule has 0 amide bonds. The van der Waals surface area contributed by atoms with Gasteiger partial charge >= 0.3 is 5.97 Å². The molecule has 5 nitrogen and oxygen atoms in total. The Morgan fingerprint density at radius 2 is 1.79 bits per heavy atom. The van der Waals surface area contributed by atoms with Gasteiger partial charge in [0, 0.05) is 5.56 Å². The molecule has 0 radical (unpaired) electrons. The van der Waals surface area contributed by atoms with Crippen LogP contribution < -0.4 is 14.2 Å². The Morgan fingerprint density at radius 3 is 2.50 bits per heavy atom. The van der Waals surface area contributed by atoms with Crippen LogP contribution in [0.25, 0.3) is 0 Å². The van der Waals surface area contributed by atoms with Gasteiger partial charge in [-0.2, -0.15) is 0 Å². The first-order chi connectivity index (χ1) is 11.5. The average molecular weight is 328 g/mol. The van der Waals surface area contributed by atoms with E-state index in [0.29, 0.717) is 30.0 Å². The Hall–Kier alpha value is -2.82. The zero-order valence-electron chi connectivity index (χ0n) is 14.0. The van der Waals surface area contributed by atoms with Crippen molar-refractivity contribution in [1.29, 1.82) is 0 Å². The molecule has 0 saturated carbocycles. The quantitative estimate of drug-likeness (QED) is 0.442. The van der Waals surface area contributed by atoms with Crippen LogP contribution in [0.2, 0.25) is 0 Å². The van der Waals surface area contributed by atoms with Gasteiger partial charge in [-0.3, -0.25) is 4.79 Å². The van der Waals surface area contributed by atoms with Crippen molar-refractivity contribution in [2.75, 3.05) is 13.2 Å². The van der Waals surface area contributed by atoms with Gasteiger partial charge in [-0.05, 0) is 56.2 Å². The third-order valence-corrected chi connectivity index (χ3v) is 3.32. The summed E-state index contributed by atoms with van der Waals surface area (Å²) in [6.07, 6.45) is 0.706. The Labute approximate surface area is 141 Å². The van der Waals surface area contributed by atoms with Crippen LogP contribution in [0.1, 0.15) is 28.4 Å². The second-order valence-electron chi connectivity index (χ2n) is 5.29. The van der Waals surface area contributed by atoms with E-state index in [0.717, 1.165) is 11.1 Å². The normalized spacial score (nSPS) is 10.1. The van der Waals surface area contributed by atoms with Gasteiger partial charge in [0.2, 0.25) is 0 Å². The van der Waals surface area contributed by atoms with E-state index in [2.05, 4.69) is 0 Å². The van der Waals surface area contributed by atoms with Crippen LogP contribution in [-0.4, -0.2) is 25.5 Å². The third-order valence-electron chi connectivity index (χ3n) is 3.32. The monoisotopic (exact) mass is 328 g/mol. The van der Waals surface area contributed by atoms with Gasteiger partial charge in [0.1, 0.15) is 12.0 Å². The van der Waals surface area contributed by atoms with E-state index in [-0.39, 0.29) is 12.4 Å². The summed E-state index contributed by atoms with van der Waals surface area (Å²) in [5, 5.41) is 0. The van der Waals surface area contributed by atoms with Crippen LogP contribution in [0.3, 0.4) is 0 Å². The highest BCUT2D eigenvalue weighted by molar-refractivity contribution is 5.78. The molecule has 0 saturated heterocycles. The van der Waals surface area contributed by atoms with Crippen molar-refractivity contribution < 1.29 is 23.8 Å². The fraction of sp³-hybridized carbons (Fsp3) is 0.263. The fourth-order valence-electron chi connectivity index (χ4n) is 2.10. The molecule has 0 aliphatic carbocycles. The molecule has 0 fully saturated rings. The Kier molecular flexibility index (Phi) is 5.95. The summed E-state index contributed by atoms with van der Waals surface area (Å²) < 4.78 is 16.2. The van der Waals surface area contributed by atoms with Crippen molar-refractivity contribution in [3.63, 3.8) is 0 Å². The van der Waals surface area contributed by atoms with Gasteiger partial charge in [0.15, 0.2) is 18.1 Å². The number of carbonyl (C=O) groups is 2. The summed E-state index contributed by atoms with van der Waals surface area (Å²) in [7, 11) is 0. The summed E-state index contributed by atoms with van der Waals surface area (Å²) >= 11 is 0. The fourth-order valence-corrected chi connectivity index (χ4v) is 2.10. The summed E-state index contributed by atoms with van der Waals surface area (Å²) in [5.74, 6) is 0.711. The molecule has 0 N–H and O–H groups in total. The highest BCUT2D eigenvalue weighted by Gasteiger charge is 2.13. The highest BCUT2D eigenvalue weighted by atomic mass is 16.6. The molecule has 0 bridgehead atoms. The van der Waals surface area contributed by atoms with Crippen LogP contribution in [0.15, 0.2) is 36.4 Å². The minimum absolute atomic E-state index is 0.217. The lowest BCUT2D eigenvalue weighted by atomic mass is 10.1. The molecular weight excluding hydrogens is 308 g/mol. The van der Waals surface area contributed by atoms with Gasteiger partial charge in [0.05, 0.1) is 6.61 Å². The van der Waals surface area contributed by atoms with Crippen molar-refractivity contribution in [1.82, 2.24) is 0 Å². The van der Waals surface area contributed by atoms with Crippen molar-refractivity contribution in [2.45, 2.75) is 20.8 Å². The van der Waals surface area contributed by atoms with E-state index >= 15 is 0 Å². The standard InChI is InChI=1S/C19H20O5/c1-4-22-18-10-15(11-20)7-8-16(18)24-19(21)12-23-17-9-13(2)5-6-14(17)3/h5-11H,4,12H2,1-3H3. The molecule has 0 unspecified atom stereocenters. The number of ether oxygens (including phenoxy) is 3. The predicted octanol–water partition coefficient (Wildman–Crippen LogP) is 3.50. The molecule has 126 valence electrons. The van der Waals surface area contributed by atoms with E-state index in [4.69, 9.17) is 14.2 Å². The minimum Gasteiger partial charge on any atom is -0.490 e. The average Bonchev–Trinajstić information content (AvgIpc) is 2.57. The first-order valence-corrected chi connectivity index (χ1v) is 7.66. The van der Waals surface area contributed by atoms with Crippen molar-refractivity contribution in [2.24, 2.45) is 0 Å². The molecule has 2 aromatic rings. The molecule has 2 rings (SSSR count). The molecular formula is C19H20O5. The smallest absolute Gasteiger partial charge is 0.349 e. The van der Waals surface area contributed by atoms with Crippen LogP contribution in [0.5, 0.6) is 17.2 Å². The van der Waals surface area contributed by atoms with E-state index in [1.54, 1.807) is 6.07 Å². The molecule has 24 heavy (non-hydrogen) atoms. The summed E-state index contributed by atoms with van der Waals surface area (Å²) in [4.78, 5) is 22.9. The number of aldehydes is 1. The zero-order valence-corrected chi connectivity index (χ0v) is 14.0. The minimum atomic E-state index is -0.546. The largest absolute Gasteiger partial charge is 0.490 e. The highest BCUT2D eigenvalue weighted by Crippen LogP contribution is 2.28. The topological polar surface area (TPSA) is 61.8 Å². The molecule has 0 heterocycles. The van der Waals surface area contributed by atoms with Gasteiger partial charge in [0.25, 0.3) is 0 Å². The summed E-state index contributed by atoms with van der Waals surface area (Å²) in [5.41, 5.74) is 2.44. The Balaban J connectivity index is 2.04. The number of esters is 1. The Bertz CT molecular complexity index is 737. The van der Waals surface area contributed by atoms with Gasteiger partial charge < -0.3 is 14.2 Å². The molecule has 0 aliphatic heterocycles. The third kappa shape index (κ3) is 4.59. The lowest BCUT2D eigenvalue weighted by molar-refractivity contribution is -0.136. The van der Waals surface area contributed by atoms with E-state index < -0.39 is 5.97 Å². The first-order valence-electron chi connectivity index (χ1n) is 7.66. The lowest BCUT2D eigenvalue weighted by Crippen LogP contribution is -2.18. The number of hydrogen-bond donors (Lipinski definition) is 0. The van der Waals surface area contributed by atoms with Crippen molar-refractivity contribution in [3.05, 3.63) is 53.1 Å². The maximum atomic E-state index is 12.0. The lowest BCUT2D eigenvalue weighted by Gasteiger charge is -2.12. The zero-order chi connectivity index (χ0) is 17.5. The number of hydrogen-bond acceptors (Lipinski definition) is 5.